The van der Waals surface area contributed by atoms with Crippen LogP contribution in [0.4, 0.5) is 4.79 Å². The third kappa shape index (κ3) is 4.11. The van der Waals surface area contributed by atoms with Gasteiger partial charge in [-0.15, -0.1) is 0 Å². The summed E-state index contributed by atoms with van der Waals surface area (Å²) in [5.74, 6) is 0.301. The minimum Gasteiger partial charge on any atom is -0.468 e. The molecule has 2 aromatic rings. The molecule has 172 valence electrons. The number of hydrogen-bond acceptors (Lipinski definition) is 4. The number of nitrogens with zero attached hydrogens (tertiary/aromatic N) is 2. The number of carbonyl (C=O) groups excluding carboxylic acids is 2. The summed E-state index contributed by atoms with van der Waals surface area (Å²) in [6.07, 6.45) is 1.20. The van der Waals surface area contributed by atoms with Crippen LogP contribution in [0.15, 0.2) is 54.6 Å². The maximum atomic E-state index is 13.7. The molecule has 2 aromatic carbocycles. The fraction of sp³-hybridized carbons (Fsp3) is 0.462. The van der Waals surface area contributed by atoms with Crippen LogP contribution < -0.4 is 4.74 Å². The molecule has 1 fully saturated rings. The van der Waals surface area contributed by atoms with Crippen molar-refractivity contribution >= 4 is 11.9 Å². The third-order valence-electron chi connectivity index (χ3n) is 6.66. The third-order valence-corrected chi connectivity index (χ3v) is 6.66. The monoisotopic (exact) mass is 438 g/mol. The van der Waals surface area contributed by atoms with E-state index in [1.165, 1.54) is 4.90 Å². The summed E-state index contributed by atoms with van der Waals surface area (Å²) in [7, 11) is 0. The van der Waals surface area contributed by atoms with E-state index in [0.717, 1.165) is 12.0 Å². The van der Waals surface area contributed by atoms with Gasteiger partial charge in [0.05, 0.1) is 12.6 Å². The van der Waals surface area contributed by atoms with Crippen LogP contribution in [0.1, 0.15) is 64.1 Å². The van der Waals surface area contributed by atoms with Gasteiger partial charge in [0, 0.05) is 12.1 Å². The van der Waals surface area contributed by atoms with Gasteiger partial charge in [0.1, 0.15) is 11.2 Å². The van der Waals surface area contributed by atoms with E-state index in [1.54, 1.807) is 17.0 Å². The lowest BCUT2D eigenvalue weighted by Crippen LogP contribution is -2.74. The van der Waals surface area contributed by atoms with Crippen LogP contribution in [-0.4, -0.2) is 39.6 Å². The minimum absolute atomic E-state index is 0.178. The molecule has 0 aromatic heterocycles. The topological polar surface area (TPSA) is 70.1 Å². The Balaban J connectivity index is 1.95. The van der Waals surface area contributed by atoms with Gasteiger partial charge in [0.15, 0.2) is 6.23 Å². The van der Waals surface area contributed by atoms with Gasteiger partial charge in [-0.2, -0.15) is 0 Å². The van der Waals surface area contributed by atoms with Crippen molar-refractivity contribution in [2.45, 2.75) is 65.8 Å². The van der Waals surface area contributed by atoms with Crippen LogP contribution in [0.2, 0.25) is 0 Å². The van der Waals surface area contributed by atoms with Crippen LogP contribution in [0.5, 0.6) is 5.75 Å². The number of rotatable bonds is 9. The number of hydrogen-bond donors (Lipinski definition) is 1. The van der Waals surface area contributed by atoms with Crippen molar-refractivity contribution in [3.63, 3.8) is 0 Å². The maximum absolute atomic E-state index is 13.7. The first-order valence-electron chi connectivity index (χ1n) is 11.5. The van der Waals surface area contributed by atoms with Gasteiger partial charge in [-0.3, -0.25) is 4.79 Å². The van der Waals surface area contributed by atoms with E-state index in [4.69, 9.17) is 4.74 Å². The van der Waals surface area contributed by atoms with Crippen LogP contribution in [0.3, 0.4) is 0 Å². The molecule has 6 heteroatoms. The Morgan fingerprint density at radius 2 is 1.72 bits per heavy atom. The highest BCUT2D eigenvalue weighted by atomic mass is 16.5. The lowest BCUT2D eigenvalue weighted by atomic mass is 9.72. The Bertz CT molecular complexity index is 926. The highest BCUT2D eigenvalue weighted by Gasteiger charge is 2.63. The van der Waals surface area contributed by atoms with Crippen molar-refractivity contribution in [2.75, 3.05) is 6.54 Å². The Hall–Kier alpha value is -2.86. The zero-order valence-electron chi connectivity index (χ0n) is 19.5. The predicted molar refractivity (Wildman–Crippen MR) is 124 cm³/mol. The van der Waals surface area contributed by atoms with Gasteiger partial charge in [-0.25, -0.2) is 9.69 Å². The first-order chi connectivity index (χ1) is 15.4. The summed E-state index contributed by atoms with van der Waals surface area (Å²) >= 11 is 0. The standard InChI is InChI=1S/C26H34N2O4/c1-5-17-27(19(4)20-13-9-8-10-14-20)25(31)28-23(30)26(6-2,7-3)24(28)32-22-16-12-11-15-21(22)18-29/h8-16,19,24,29H,5-7,17-18H2,1-4H3/t19-,24+/m1/s1. The normalized spacial score (nSPS) is 18.1. The summed E-state index contributed by atoms with van der Waals surface area (Å²) < 4.78 is 6.29. The van der Waals surface area contributed by atoms with Crippen molar-refractivity contribution in [3.05, 3.63) is 65.7 Å². The summed E-state index contributed by atoms with van der Waals surface area (Å²) in [5, 5.41) is 9.71. The number of benzene rings is 2. The highest BCUT2D eigenvalue weighted by molar-refractivity contribution is 6.03. The molecular weight excluding hydrogens is 404 g/mol. The number of aliphatic hydroxyl groups is 1. The van der Waals surface area contributed by atoms with Gasteiger partial charge < -0.3 is 14.7 Å². The number of imide groups is 1. The maximum Gasteiger partial charge on any atom is 0.330 e. The number of carbonyl (C=O) groups is 2. The molecule has 1 N–H and O–H groups in total. The van der Waals surface area contributed by atoms with Crippen LogP contribution in [0.25, 0.3) is 0 Å². The van der Waals surface area contributed by atoms with Gasteiger partial charge in [0.2, 0.25) is 5.91 Å². The van der Waals surface area contributed by atoms with Crippen molar-refractivity contribution < 1.29 is 19.4 Å². The largest absolute Gasteiger partial charge is 0.468 e. The summed E-state index contributed by atoms with van der Waals surface area (Å²) in [4.78, 5) is 30.1. The van der Waals surface area contributed by atoms with Crippen molar-refractivity contribution in [1.29, 1.82) is 0 Å². The second-order valence-corrected chi connectivity index (χ2v) is 8.34. The molecule has 0 saturated carbocycles. The number of likely N-dealkylation sites (tertiary alicyclic amines) is 1. The Morgan fingerprint density at radius 1 is 1.09 bits per heavy atom. The summed E-state index contributed by atoms with van der Waals surface area (Å²) in [5.41, 5.74) is 0.887. The fourth-order valence-corrected chi connectivity index (χ4v) is 4.50. The number of para-hydroxylation sites is 1. The minimum atomic E-state index is -0.758. The van der Waals surface area contributed by atoms with E-state index in [9.17, 15) is 14.7 Å². The number of amides is 3. The van der Waals surface area contributed by atoms with Crippen LogP contribution in [0, 0.1) is 5.41 Å². The van der Waals surface area contributed by atoms with Crippen molar-refractivity contribution in [3.8, 4) is 5.75 Å². The van der Waals surface area contributed by atoms with E-state index >= 15 is 0 Å². The molecule has 1 heterocycles. The zero-order chi connectivity index (χ0) is 23.3. The number of ether oxygens (including phenoxy) is 1. The molecule has 0 unspecified atom stereocenters. The fourth-order valence-electron chi connectivity index (χ4n) is 4.50. The number of β-lactam (4-membered cyclic amide) rings is 1. The molecule has 1 aliphatic heterocycles. The van der Waals surface area contributed by atoms with Gasteiger partial charge in [-0.1, -0.05) is 69.3 Å². The number of urea groups is 1. The molecule has 3 amide bonds. The summed E-state index contributed by atoms with van der Waals surface area (Å²) in [6, 6.07) is 16.5. The first-order valence-corrected chi connectivity index (χ1v) is 11.5. The molecule has 2 atom stereocenters. The molecule has 6 nitrogen and oxygen atoms in total. The average Bonchev–Trinajstić information content (AvgIpc) is 2.83. The molecule has 1 aliphatic rings. The predicted octanol–water partition coefficient (Wildman–Crippen LogP) is 5.13. The van der Waals surface area contributed by atoms with Gasteiger partial charge >= 0.3 is 6.03 Å². The van der Waals surface area contributed by atoms with E-state index in [1.807, 2.05) is 70.2 Å². The van der Waals surface area contributed by atoms with Crippen molar-refractivity contribution in [2.24, 2.45) is 5.41 Å². The average molecular weight is 439 g/mol. The Kier molecular flexibility index (Phi) is 7.56. The second kappa shape index (κ2) is 10.2. The Labute approximate surface area is 190 Å². The lowest BCUT2D eigenvalue weighted by molar-refractivity contribution is -0.193. The van der Waals surface area contributed by atoms with Crippen LogP contribution >= 0.6 is 0 Å². The molecular formula is C26H34N2O4. The molecule has 0 radical (unpaired) electrons. The van der Waals surface area contributed by atoms with E-state index in [0.29, 0.717) is 30.7 Å². The van der Waals surface area contributed by atoms with Gasteiger partial charge in [-0.05, 0) is 37.8 Å². The van der Waals surface area contributed by atoms with E-state index in [-0.39, 0.29) is 24.6 Å². The SMILES string of the molecule is CCCN(C(=O)N1C(=O)C(CC)(CC)[C@@H]1Oc1ccccc1CO)[C@H](C)c1ccccc1. The molecule has 3 rings (SSSR count). The highest BCUT2D eigenvalue weighted by Crippen LogP contribution is 2.47. The number of aliphatic hydroxyl groups excluding tert-OH is 1. The second-order valence-electron chi connectivity index (χ2n) is 8.34. The molecule has 0 aliphatic carbocycles. The smallest absolute Gasteiger partial charge is 0.330 e. The van der Waals surface area contributed by atoms with E-state index in [2.05, 4.69) is 0 Å². The zero-order valence-corrected chi connectivity index (χ0v) is 19.5. The molecule has 0 bridgehead atoms. The van der Waals surface area contributed by atoms with Crippen molar-refractivity contribution in [1.82, 2.24) is 9.80 Å². The molecule has 0 spiro atoms. The first kappa shape index (κ1) is 23.8. The quantitative estimate of drug-likeness (QED) is 0.551. The Morgan fingerprint density at radius 3 is 2.31 bits per heavy atom. The van der Waals surface area contributed by atoms with Gasteiger partial charge in [0.25, 0.3) is 0 Å². The molecule has 1 saturated heterocycles. The summed E-state index contributed by atoms with van der Waals surface area (Å²) in [6.45, 7) is 8.26. The molecule has 32 heavy (non-hydrogen) atoms. The van der Waals surface area contributed by atoms with Crippen LogP contribution in [-0.2, 0) is 11.4 Å². The van der Waals surface area contributed by atoms with E-state index < -0.39 is 11.6 Å². The lowest BCUT2D eigenvalue weighted by Gasteiger charge is -2.54.